The van der Waals surface area contributed by atoms with E-state index in [1.54, 1.807) is 42.6 Å². The molecule has 0 atom stereocenters. The lowest BCUT2D eigenvalue weighted by Crippen LogP contribution is -2.35. The quantitative estimate of drug-likeness (QED) is 0.193. The van der Waals surface area contributed by atoms with Crippen molar-refractivity contribution < 1.29 is 14.7 Å². The van der Waals surface area contributed by atoms with Crippen LogP contribution >= 0.6 is 0 Å². The van der Waals surface area contributed by atoms with Gasteiger partial charge in [-0.15, -0.1) is 0 Å². The molecule has 7 nitrogen and oxygen atoms in total. The van der Waals surface area contributed by atoms with E-state index in [1.165, 1.54) is 0 Å². The third-order valence-corrected chi connectivity index (χ3v) is 8.48. The van der Waals surface area contributed by atoms with Crippen molar-refractivity contribution in [2.75, 3.05) is 0 Å². The first-order valence-corrected chi connectivity index (χ1v) is 14.7. The molecule has 0 unspecified atom stereocenters. The van der Waals surface area contributed by atoms with Crippen molar-refractivity contribution in [3.8, 4) is 28.3 Å². The molecule has 0 spiro atoms. The van der Waals surface area contributed by atoms with Gasteiger partial charge >= 0.3 is 5.97 Å². The van der Waals surface area contributed by atoms with Crippen molar-refractivity contribution >= 4 is 22.8 Å². The largest absolute Gasteiger partial charge is 0.478 e. The zero-order valence-electron chi connectivity index (χ0n) is 24.3. The number of aromatic carboxylic acids is 1. The summed E-state index contributed by atoms with van der Waals surface area (Å²) in [6.45, 7) is 0.475. The molecule has 1 aliphatic carbocycles. The minimum absolute atomic E-state index is 0.206. The molecule has 5 aromatic carbocycles. The number of benzene rings is 5. The summed E-state index contributed by atoms with van der Waals surface area (Å²) >= 11 is 0. The van der Waals surface area contributed by atoms with E-state index < -0.39 is 11.5 Å². The molecule has 45 heavy (non-hydrogen) atoms. The summed E-state index contributed by atoms with van der Waals surface area (Å²) in [4.78, 5) is 25.6. The fraction of sp³-hybridized carbons (Fsp3) is 0.105. The van der Waals surface area contributed by atoms with E-state index in [-0.39, 0.29) is 11.5 Å². The monoisotopic (exact) mass is 588 g/mol. The van der Waals surface area contributed by atoms with Crippen LogP contribution in [-0.2, 0) is 12.1 Å². The highest BCUT2D eigenvalue weighted by Crippen LogP contribution is 2.46. The van der Waals surface area contributed by atoms with Gasteiger partial charge in [0.05, 0.1) is 46.6 Å². The van der Waals surface area contributed by atoms with E-state index >= 15 is 0 Å². The lowest BCUT2D eigenvalue weighted by atomic mass is 9.98. The second-order valence-electron chi connectivity index (χ2n) is 11.4. The first kappa shape index (κ1) is 27.8. The first-order chi connectivity index (χ1) is 21.9. The van der Waals surface area contributed by atoms with Gasteiger partial charge in [0, 0.05) is 5.39 Å². The highest BCUT2D eigenvalue weighted by atomic mass is 16.4. The predicted molar refractivity (Wildman–Crippen MR) is 173 cm³/mol. The van der Waals surface area contributed by atoms with Gasteiger partial charge in [-0.3, -0.25) is 9.48 Å². The van der Waals surface area contributed by atoms with Gasteiger partial charge in [0.15, 0.2) is 0 Å². The lowest BCUT2D eigenvalue weighted by molar-refractivity contribution is 0.0696. The van der Waals surface area contributed by atoms with Gasteiger partial charge in [0.25, 0.3) is 5.91 Å². The van der Waals surface area contributed by atoms with Crippen LogP contribution < -0.4 is 5.32 Å². The average molecular weight is 589 g/mol. The molecule has 7 rings (SSSR count). The fourth-order valence-corrected chi connectivity index (χ4v) is 5.91. The van der Waals surface area contributed by atoms with Crippen LogP contribution in [0.2, 0.25) is 0 Å². The van der Waals surface area contributed by atoms with Gasteiger partial charge in [0.1, 0.15) is 0 Å². The third kappa shape index (κ3) is 5.46. The molecule has 0 saturated heterocycles. The first-order valence-electron chi connectivity index (χ1n) is 14.7. The SMILES string of the molecule is N#Cc1ccc(-c2cc(C(=O)NC3(c4ccc(C(=O)O)cc4)CC3)c3c(cnn3Cc3cccc(-c4ccccc4)c3)c2)cc1. The smallest absolute Gasteiger partial charge is 0.335 e. The van der Waals surface area contributed by atoms with Crippen LogP contribution in [0.5, 0.6) is 0 Å². The topological polar surface area (TPSA) is 108 Å². The van der Waals surface area contributed by atoms with E-state index in [0.717, 1.165) is 57.1 Å². The van der Waals surface area contributed by atoms with Crippen LogP contribution in [0, 0.1) is 11.3 Å². The van der Waals surface area contributed by atoms with Crippen molar-refractivity contribution in [2.24, 2.45) is 0 Å². The summed E-state index contributed by atoms with van der Waals surface area (Å²) in [6, 6.07) is 38.6. The number of aromatic nitrogens is 2. The number of carbonyl (C=O) groups excluding carboxylic acids is 1. The molecule has 1 aromatic heterocycles. The number of nitrogens with one attached hydrogen (secondary N) is 1. The molecule has 0 radical (unpaired) electrons. The van der Waals surface area contributed by atoms with Crippen molar-refractivity contribution in [3.63, 3.8) is 0 Å². The van der Waals surface area contributed by atoms with Gasteiger partial charge in [-0.1, -0.05) is 72.8 Å². The van der Waals surface area contributed by atoms with Gasteiger partial charge in [-0.05, 0) is 88.7 Å². The number of hydrogen-bond donors (Lipinski definition) is 2. The molecule has 1 amide bonds. The standard InChI is InChI=1S/C38H28N4O3/c39-22-25-9-11-28(12-10-25)31-20-32-23-40-42(24-26-5-4-8-30(19-26)27-6-2-1-3-7-27)35(32)34(21-31)36(43)41-38(17-18-38)33-15-13-29(14-16-33)37(44)45/h1-16,19-21,23H,17-18,24H2,(H,41,43)(H,44,45). The summed E-state index contributed by atoms with van der Waals surface area (Å²) in [5.41, 5.74) is 7.34. The number of nitriles is 1. The number of amides is 1. The summed E-state index contributed by atoms with van der Waals surface area (Å²) in [7, 11) is 0. The van der Waals surface area contributed by atoms with Gasteiger partial charge in [-0.2, -0.15) is 10.4 Å². The number of nitrogens with zero attached hydrogens (tertiary/aromatic N) is 3. The Labute approximate surface area is 260 Å². The van der Waals surface area contributed by atoms with Crippen LogP contribution in [0.4, 0.5) is 0 Å². The molecule has 1 saturated carbocycles. The summed E-state index contributed by atoms with van der Waals surface area (Å²) in [5, 5.41) is 27.4. The Balaban J connectivity index is 1.28. The molecular weight excluding hydrogens is 560 g/mol. The predicted octanol–water partition coefficient (Wildman–Crippen LogP) is 7.41. The number of hydrogen-bond acceptors (Lipinski definition) is 4. The molecule has 0 aliphatic heterocycles. The van der Waals surface area contributed by atoms with Crippen LogP contribution in [0.25, 0.3) is 33.2 Å². The van der Waals surface area contributed by atoms with Gasteiger partial charge in [-0.25, -0.2) is 4.79 Å². The summed E-state index contributed by atoms with van der Waals surface area (Å²) < 4.78 is 1.87. The molecule has 2 N–H and O–H groups in total. The zero-order chi connectivity index (χ0) is 31.0. The average Bonchev–Trinajstić information content (AvgIpc) is 3.76. The zero-order valence-corrected chi connectivity index (χ0v) is 24.3. The second kappa shape index (κ2) is 11.3. The molecular formula is C38H28N4O3. The van der Waals surface area contributed by atoms with Crippen molar-refractivity contribution in [3.05, 3.63) is 149 Å². The van der Waals surface area contributed by atoms with Crippen LogP contribution in [0.1, 0.15) is 50.2 Å². The molecule has 1 heterocycles. The molecule has 1 aliphatic rings. The van der Waals surface area contributed by atoms with Crippen LogP contribution in [0.15, 0.2) is 121 Å². The molecule has 218 valence electrons. The maximum absolute atomic E-state index is 14.2. The van der Waals surface area contributed by atoms with Gasteiger partial charge < -0.3 is 10.4 Å². The molecule has 0 bridgehead atoms. The third-order valence-electron chi connectivity index (χ3n) is 8.48. The highest BCUT2D eigenvalue weighted by molar-refractivity contribution is 6.08. The number of fused-ring (bicyclic) bond motifs is 1. The van der Waals surface area contributed by atoms with E-state index in [0.29, 0.717) is 17.7 Å². The van der Waals surface area contributed by atoms with Gasteiger partial charge in [0.2, 0.25) is 0 Å². The Morgan fingerprint density at radius 3 is 2.22 bits per heavy atom. The molecule has 6 aromatic rings. The maximum atomic E-state index is 14.2. The van der Waals surface area contributed by atoms with E-state index in [9.17, 15) is 20.0 Å². The summed E-state index contributed by atoms with van der Waals surface area (Å²) in [6.07, 6.45) is 3.31. The number of carbonyl (C=O) groups is 2. The highest BCUT2D eigenvalue weighted by Gasteiger charge is 2.46. The maximum Gasteiger partial charge on any atom is 0.335 e. The normalized spacial score (nSPS) is 13.2. The molecule has 1 fully saturated rings. The van der Waals surface area contributed by atoms with Crippen LogP contribution in [-0.4, -0.2) is 26.8 Å². The van der Waals surface area contributed by atoms with E-state index in [2.05, 4.69) is 41.7 Å². The Hall–Kier alpha value is -6.00. The Morgan fingerprint density at radius 2 is 1.53 bits per heavy atom. The number of carboxylic acids is 1. The second-order valence-corrected chi connectivity index (χ2v) is 11.4. The number of carboxylic acid groups (broad SMARTS) is 1. The fourth-order valence-electron chi connectivity index (χ4n) is 5.91. The van der Waals surface area contributed by atoms with E-state index in [1.807, 2.05) is 53.2 Å². The van der Waals surface area contributed by atoms with Crippen molar-refractivity contribution in [2.45, 2.75) is 24.9 Å². The number of rotatable bonds is 8. The minimum atomic E-state index is -0.986. The van der Waals surface area contributed by atoms with E-state index in [4.69, 9.17) is 5.10 Å². The Morgan fingerprint density at radius 1 is 0.822 bits per heavy atom. The van der Waals surface area contributed by atoms with Crippen molar-refractivity contribution in [1.29, 1.82) is 5.26 Å². The van der Waals surface area contributed by atoms with Crippen LogP contribution in [0.3, 0.4) is 0 Å². The Bertz CT molecular complexity index is 2100. The van der Waals surface area contributed by atoms with Crippen molar-refractivity contribution in [1.82, 2.24) is 15.1 Å². The minimum Gasteiger partial charge on any atom is -0.478 e. The molecule has 7 heteroatoms. The Kier molecular flexibility index (Phi) is 6.95. The lowest BCUT2D eigenvalue weighted by Gasteiger charge is -2.19. The summed E-state index contributed by atoms with van der Waals surface area (Å²) in [5.74, 6) is -1.21.